The molecule has 3 aliphatic rings. The SMILES string of the molecule is O=C(O)C1CC2CCCC(C1)N2C(=O)c1cc2n(n1)CCCN(C(=O)OC(F)c1cccc(F)c1F)C2. The molecule has 1 N–H and O–H groups in total. The minimum absolute atomic E-state index is 0.00852. The Morgan fingerprint density at radius 2 is 1.81 bits per heavy atom. The van der Waals surface area contributed by atoms with E-state index >= 15 is 0 Å². The maximum atomic E-state index is 14.5. The summed E-state index contributed by atoms with van der Waals surface area (Å²) in [5.74, 6) is -4.22. The Balaban J connectivity index is 1.29. The highest BCUT2D eigenvalue weighted by Crippen LogP contribution is 2.38. The van der Waals surface area contributed by atoms with E-state index in [0.29, 0.717) is 31.5 Å². The van der Waals surface area contributed by atoms with Crippen LogP contribution in [0.5, 0.6) is 0 Å². The molecule has 2 saturated heterocycles. The average Bonchev–Trinajstić information content (AvgIpc) is 3.15. The molecule has 5 rings (SSSR count). The van der Waals surface area contributed by atoms with Gasteiger partial charge in [0.05, 0.1) is 23.7 Å². The third-order valence-electron chi connectivity index (χ3n) is 7.48. The minimum Gasteiger partial charge on any atom is -0.481 e. The molecule has 3 aliphatic heterocycles. The molecule has 3 unspecified atom stereocenters. The Labute approximate surface area is 210 Å². The number of aromatic nitrogens is 2. The Hall–Kier alpha value is -3.57. The number of carboxylic acid groups (broad SMARTS) is 1. The van der Waals surface area contributed by atoms with Gasteiger partial charge in [-0.2, -0.15) is 9.49 Å². The number of aliphatic carboxylic acids is 1. The molecular formula is C25H27F3N4O5. The van der Waals surface area contributed by atoms with Crippen molar-refractivity contribution in [1.29, 1.82) is 0 Å². The monoisotopic (exact) mass is 520 g/mol. The van der Waals surface area contributed by atoms with Crippen molar-refractivity contribution in [2.75, 3.05) is 6.54 Å². The summed E-state index contributed by atoms with van der Waals surface area (Å²) in [4.78, 5) is 40.6. The van der Waals surface area contributed by atoms with Crippen LogP contribution in [0.2, 0.25) is 0 Å². The zero-order valence-electron chi connectivity index (χ0n) is 20.0. The van der Waals surface area contributed by atoms with Crippen molar-refractivity contribution in [2.24, 2.45) is 5.92 Å². The Bertz CT molecular complexity index is 1210. The normalized spacial score (nSPS) is 24.1. The number of amides is 2. The largest absolute Gasteiger partial charge is 0.481 e. The summed E-state index contributed by atoms with van der Waals surface area (Å²) >= 11 is 0. The van der Waals surface area contributed by atoms with Crippen LogP contribution in [-0.4, -0.2) is 61.3 Å². The van der Waals surface area contributed by atoms with E-state index in [1.165, 1.54) is 4.90 Å². The number of ether oxygens (including phenoxy) is 1. The van der Waals surface area contributed by atoms with Gasteiger partial charge in [-0.25, -0.2) is 13.6 Å². The quantitative estimate of drug-likeness (QED) is 0.653. The van der Waals surface area contributed by atoms with Gasteiger partial charge < -0.3 is 19.6 Å². The molecule has 1 aromatic heterocycles. The highest BCUT2D eigenvalue weighted by atomic mass is 19.2. The lowest BCUT2D eigenvalue weighted by molar-refractivity contribution is -0.145. The van der Waals surface area contributed by atoms with Crippen LogP contribution < -0.4 is 0 Å². The summed E-state index contributed by atoms with van der Waals surface area (Å²) in [5, 5.41) is 13.9. The van der Waals surface area contributed by atoms with Gasteiger partial charge in [-0.1, -0.05) is 6.07 Å². The number of nitrogens with zero attached hydrogens (tertiary/aromatic N) is 4. The molecular weight excluding hydrogens is 493 g/mol. The second-order valence-electron chi connectivity index (χ2n) is 9.82. The van der Waals surface area contributed by atoms with E-state index in [-0.39, 0.29) is 36.8 Å². The molecule has 37 heavy (non-hydrogen) atoms. The van der Waals surface area contributed by atoms with Crippen LogP contribution in [0.3, 0.4) is 0 Å². The van der Waals surface area contributed by atoms with Gasteiger partial charge in [-0.3, -0.25) is 14.3 Å². The molecule has 2 bridgehead atoms. The first-order chi connectivity index (χ1) is 17.7. The van der Waals surface area contributed by atoms with Crippen molar-refractivity contribution in [3.05, 3.63) is 52.9 Å². The molecule has 2 aromatic rings. The fourth-order valence-corrected chi connectivity index (χ4v) is 5.69. The molecule has 12 heteroatoms. The molecule has 0 radical (unpaired) electrons. The highest BCUT2D eigenvalue weighted by Gasteiger charge is 2.44. The molecule has 198 valence electrons. The first-order valence-corrected chi connectivity index (χ1v) is 12.4. The Kier molecular flexibility index (Phi) is 6.82. The number of benzene rings is 1. The lowest BCUT2D eigenvalue weighted by Crippen LogP contribution is -2.55. The van der Waals surface area contributed by atoms with Crippen molar-refractivity contribution in [3.8, 4) is 0 Å². The van der Waals surface area contributed by atoms with Crippen LogP contribution >= 0.6 is 0 Å². The number of hydrogen-bond donors (Lipinski definition) is 1. The number of hydrogen-bond acceptors (Lipinski definition) is 5. The number of alkyl halides is 1. The summed E-state index contributed by atoms with van der Waals surface area (Å²) in [7, 11) is 0. The number of rotatable bonds is 4. The lowest BCUT2D eigenvalue weighted by Gasteiger charge is -2.47. The van der Waals surface area contributed by atoms with Gasteiger partial charge in [0.15, 0.2) is 17.3 Å². The Morgan fingerprint density at radius 3 is 2.51 bits per heavy atom. The summed E-state index contributed by atoms with van der Waals surface area (Å²) in [6.07, 6.45) is 0.202. The Morgan fingerprint density at radius 1 is 1.08 bits per heavy atom. The van der Waals surface area contributed by atoms with Gasteiger partial charge in [-0.15, -0.1) is 0 Å². The van der Waals surface area contributed by atoms with Crippen LogP contribution in [0.25, 0.3) is 0 Å². The molecule has 0 spiro atoms. The van der Waals surface area contributed by atoms with Crippen molar-refractivity contribution < 1.29 is 37.4 Å². The van der Waals surface area contributed by atoms with E-state index in [9.17, 15) is 32.7 Å². The zero-order valence-corrected chi connectivity index (χ0v) is 20.0. The van der Waals surface area contributed by atoms with E-state index in [2.05, 4.69) is 5.10 Å². The molecule has 2 amide bonds. The highest BCUT2D eigenvalue weighted by molar-refractivity contribution is 5.93. The third-order valence-corrected chi connectivity index (χ3v) is 7.48. The first-order valence-electron chi connectivity index (χ1n) is 12.4. The molecule has 9 nitrogen and oxygen atoms in total. The van der Waals surface area contributed by atoms with Crippen LogP contribution in [0.1, 0.15) is 66.6 Å². The van der Waals surface area contributed by atoms with Crippen LogP contribution in [0, 0.1) is 17.6 Å². The van der Waals surface area contributed by atoms with Gasteiger partial charge in [0.1, 0.15) is 0 Å². The van der Waals surface area contributed by atoms with Crippen LogP contribution in [0.15, 0.2) is 24.3 Å². The maximum Gasteiger partial charge on any atom is 0.412 e. The maximum absolute atomic E-state index is 14.5. The summed E-state index contributed by atoms with van der Waals surface area (Å²) in [6.45, 7) is 0.625. The van der Waals surface area contributed by atoms with Gasteiger partial charge in [-0.05, 0) is 56.7 Å². The lowest BCUT2D eigenvalue weighted by atomic mass is 9.78. The van der Waals surface area contributed by atoms with Crippen molar-refractivity contribution in [1.82, 2.24) is 19.6 Å². The topological polar surface area (TPSA) is 105 Å². The summed E-state index contributed by atoms with van der Waals surface area (Å²) in [5.41, 5.74) is 0.0510. The van der Waals surface area contributed by atoms with Gasteiger partial charge in [0.25, 0.3) is 12.3 Å². The van der Waals surface area contributed by atoms with Gasteiger partial charge in [0.2, 0.25) is 0 Å². The second-order valence-corrected chi connectivity index (χ2v) is 9.82. The van der Waals surface area contributed by atoms with Crippen molar-refractivity contribution in [3.63, 3.8) is 0 Å². The predicted molar refractivity (Wildman–Crippen MR) is 122 cm³/mol. The molecule has 3 atom stereocenters. The van der Waals surface area contributed by atoms with Crippen molar-refractivity contribution >= 4 is 18.0 Å². The van der Waals surface area contributed by atoms with E-state index in [1.807, 2.05) is 0 Å². The first kappa shape index (κ1) is 25.1. The van der Waals surface area contributed by atoms with E-state index in [1.54, 1.807) is 15.6 Å². The zero-order chi connectivity index (χ0) is 26.3. The smallest absolute Gasteiger partial charge is 0.412 e. The predicted octanol–water partition coefficient (Wildman–Crippen LogP) is 4.03. The summed E-state index contributed by atoms with van der Waals surface area (Å²) in [6, 6.07) is 4.24. The molecule has 2 fully saturated rings. The molecule has 0 saturated carbocycles. The standard InChI is InChI=1S/C25H27F3N4O5/c26-19-7-2-6-18(21(19)27)22(28)37-25(36)30-8-3-9-31-17(13-30)12-20(29-31)23(33)32-15-4-1-5-16(32)11-14(10-15)24(34)35/h2,6-7,12,14-16,22H,1,3-5,8-11,13H2,(H,34,35). The number of fused-ring (bicyclic) bond motifs is 3. The van der Waals surface area contributed by atoms with E-state index in [4.69, 9.17) is 4.74 Å². The molecule has 1 aromatic carbocycles. The summed E-state index contributed by atoms with van der Waals surface area (Å²) < 4.78 is 48.2. The number of carbonyl (C=O) groups excluding carboxylic acids is 2. The third kappa shape index (κ3) is 4.88. The minimum atomic E-state index is -2.48. The fourth-order valence-electron chi connectivity index (χ4n) is 5.69. The van der Waals surface area contributed by atoms with Crippen LogP contribution in [0.4, 0.5) is 18.0 Å². The molecule has 4 heterocycles. The second kappa shape index (κ2) is 10.1. The van der Waals surface area contributed by atoms with Crippen molar-refractivity contribution in [2.45, 2.75) is 70.1 Å². The fraction of sp³-hybridized carbons (Fsp3) is 0.520. The number of carboxylic acids is 1. The van der Waals surface area contributed by atoms with E-state index in [0.717, 1.165) is 37.5 Å². The van der Waals surface area contributed by atoms with Gasteiger partial charge in [0, 0.05) is 25.2 Å². The van der Waals surface area contributed by atoms with Crippen LogP contribution in [-0.2, 0) is 22.6 Å². The van der Waals surface area contributed by atoms with Gasteiger partial charge >= 0.3 is 12.1 Å². The molecule has 0 aliphatic carbocycles. The number of carbonyl (C=O) groups is 3. The number of piperidine rings is 2. The number of aryl methyl sites for hydroxylation is 1. The average molecular weight is 521 g/mol. The number of halogens is 3. The van der Waals surface area contributed by atoms with E-state index < -0.39 is 41.5 Å².